The standard InChI is InChI=1S/C16H17ClN2/c17-13-6-8-16(15(18)10-13)19-14-7-5-11-3-1-2-4-12(11)9-14/h1-4,6,8,10,14,19H,5,7,9,18H2. The molecule has 0 bridgehead atoms. The minimum atomic E-state index is 0.443. The van der Waals surface area contributed by atoms with E-state index in [4.69, 9.17) is 17.3 Å². The summed E-state index contributed by atoms with van der Waals surface area (Å²) in [6.45, 7) is 0. The van der Waals surface area contributed by atoms with Crippen molar-refractivity contribution in [2.24, 2.45) is 0 Å². The second-order valence-electron chi connectivity index (χ2n) is 5.08. The first-order valence-electron chi connectivity index (χ1n) is 6.61. The van der Waals surface area contributed by atoms with Gasteiger partial charge in [0.1, 0.15) is 0 Å². The maximum Gasteiger partial charge on any atom is 0.0577 e. The van der Waals surface area contributed by atoms with Crippen LogP contribution in [-0.4, -0.2) is 6.04 Å². The predicted octanol–water partition coefficient (Wildman–Crippen LogP) is 3.89. The number of fused-ring (bicyclic) bond motifs is 1. The zero-order chi connectivity index (χ0) is 13.2. The van der Waals surface area contributed by atoms with Gasteiger partial charge >= 0.3 is 0 Å². The molecule has 0 aromatic heterocycles. The van der Waals surface area contributed by atoms with Gasteiger partial charge in [-0.2, -0.15) is 0 Å². The molecule has 98 valence electrons. The fraction of sp³-hybridized carbons (Fsp3) is 0.250. The molecule has 1 aliphatic rings. The van der Waals surface area contributed by atoms with Crippen molar-refractivity contribution in [3.05, 3.63) is 58.6 Å². The average molecular weight is 273 g/mol. The van der Waals surface area contributed by atoms with Gasteiger partial charge in [0.25, 0.3) is 0 Å². The van der Waals surface area contributed by atoms with Gasteiger partial charge in [-0.15, -0.1) is 0 Å². The number of aryl methyl sites for hydroxylation is 1. The highest BCUT2D eigenvalue weighted by atomic mass is 35.5. The monoisotopic (exact) mass is 272 g/mol. The van der Waals surface area contributed by atoms with Gasteiger partial charge in [-0.3, -0.25) is 0 Å². The molecule has 1 unspecified atom stereocenters. The molecule has 0 heterocycles. The third kappa shape index (κ3) is 2.69. The molecule has 0 aliphatic heterocycles. The van der Waals surface area contributed by atoms with Crippen LogP contribution in [0, 0.1) is 0 Å². The first-order valence-corrected chi connectivity index (χ1v) is 6.98. The summed E-state index contributed by atoms with van der Waals surface area (Å²) in [5.74, 6) is 0. The van der Waals surface area contributed by atoms with Gasteiger partial charge in [-0.05, 0) is 48.6 Å². The van der Waals surface area contributed by atoms with Crippen LogP contribution in [0.15, 0.2) is 42.5 Å². The van der Waals surface area contributed by atoms with Crippen molar-refractivity contribution in [3.8, 4) is 0 Å². The van der Waals surface area contributed by atoms with E-state index in [1.54, 1.807) is 6.07 Å². The van der Waals surface area contributed by atoms with E-state index in [0.29, 0.717) is 16.8 Å². The quantitative estimate of drug-likeness (QED) is 0.814. The van der Waals surface area contributed by atoms with E-state index in [0.717, 1.165) is 24.9 Å². The summed E-state index contributed by atoms with van der Waals surface area (Å²) in [6.07, 6.45) is 3.32. The van der Waals surface area contributed by atoms with Crippen LogP contribution in [0.3, 0.4) is 0 Å². The molecule has 2 aromatic rings. The fourth-order valence-electron chi connectivity index (χ4n) is 2.71. The SMILES string of the molecule is Nc1cc(Cl)ccc1NC1CCc2ccccc2C1. The van der Waals surface area contributed by atoms with Crippen LogP contribution in [0.4, 0.5) is 11.4 Å². The van der Waals surface area contributed by atoms with Crippen molar-refractivity contribution in [2.45, 2.75) is 25.3 Å². The molecule has 1 aliphatic carbocycles. The number of nitrogens with one attached hydrogen (secondary N) is 1. The van der Waals surface area contributed by atoms with Crippen LogP contribution in [-0.2, 0) is 12.8 Å². The van der Waals surface area contributed by atoms with E-state index in [1.165, 1.54) is 11.1 Å². The lowest BCUT2D eigenvalue weighted by Crippen LogP contribution is -2.27. The maximum atomic E-state index is 5.99. The highest BCUT2D eigenvalue weighted by Gasteiger charge is 2.18. The van der Waals surface area contributed by atoms with Crippen molar-refractivity contribution >= 4 is 23.0 Å². The molecule has 0 saturated carbocycles. The Labute approximate surface area is 118 Å². The molecule has 19 heavy (non-hydrogen) atoms. The van der Waals surface area contributed by atoms with Gasteiger partial charge < -0.3 is 11.1 Å². The minimum absolute atomic E-state index is 0.443. The summed E-state index contributed by atoms with van der Waals surface area (Å²) in [4.78, 5) is 0. The topological polar surface area (TPSA) is 38.0 Å². The maximum absolute atomic E-state index is 5.99. The van der Waals surface area contributed by atoms with Gasteiger partial charge in [0.15, 0.2) is 0 Å². The molecule has 3 N–H and O–H groups in total. The van der Waals surface area contributed by atoms with Crippen LogP contribution < -0.4 is 11.1 Å². The van der Waals surface area contributed by atoms with Crippen LogP contribution in [0.2, 0.25) is 5.02 Å². The summed E-state index contributed by atoms with van der Waals surface area (Å²) in [5.41, 5.74) is 10.6. The van der Waals surface area contributed by atoms with Crippen molar-refractivity contribution < 1.29 is 0 Å². The second kappa shape index (κ2) is 5.14. The lowest BCUT2D eigenvalue weighted by Gasteiger charge is -2.26. The number of benzene rings is 2. The Bertz CT molecular complexity index is 595. The van der Waals surface area contributed by atoms with Crippen LogP contribution in [0.5, 0.6) is 0 Å². The molecule has 0 fully saturated rings. The van der Waals surface area contributed by atoms with Crippen molar-refractivity contribution in [3.63, 3.8) is 0 Å². The second-order valence-corrected chi connectivity index (χ2v) is 5.52. The summed E-state index contributed by atoms with van der Waals surface area (Å²) in [7, 11) is 0. The van der Waals surface area contributed by atoms with Crippen LogP contribution in [0.25, 0.3) is 0 Å². The molecule has 3 rings (SSSR count). The van der Waals surface area contributed by atoms with Gasteiger partial charge in [0.05, 0.1) is 11.4 Å². The largest absolute Gasteiger partial charge is 0.397 e. The smallest absolute Gasteiger partial charge is 0.0577 e. The summed E-state index contributed by atoms with van der Waals surface area (Å²) in [6, 6.07) is 14.7. The Morgan fingerprint density at radius 3 is 2.68 bits per heavy atom. The Balaban J connectivity index is 1.75. The predicted molar refractivity (Wildman–Crippen MR) is 81.7 cm³/mol. The lowest BCUT2D eigenvalue weighted by molar-refractivity contribution is 0.611. The Hall–Kier alpha value is -1.67. The Morgan fingerprint density at radius 2 is 1.89 bits per heavy atom. The van der Waals surface area contributed by atoms with Gasteiger partial charge in [-0.1, -0.05) is 35.9 Å². The normalized spacial score (nSPS) is 17.8. The fourth-order valence-corrected chi connectivity index (χ4v) is 2.89. The van der Waals surface area contributed by atoms with Gasteiger partial charge in [0, 0.05) is 11.1 Å². The zero-order valence-corrected chi connectivity index (χ0v) is 11.5. The third-order valence-corrected chi connectivity index (χ3v) is 3.96. The number of nitrogen functional groups attached to an aromatic ring is 1. The molecule has 0 radical (unpaired) electrons. The molecule has 0 saturated heterocycles. The van der Waals surface area contributed by atoms with Crippen LogP contribution in [0.1, 0.15) is 17.5 Å². The van der Waals surface area contributed by atoms with Crippen molar-refractivity contribution in [2.75, 3.05) is 11.1 Å². The van der Waals surface area contributed by atoms with E-state index in [1.807, 2.05) is 12.1 Å². The minimum Gasteiger partial charge on any atom is -0.397 e. The molecule has 3 heteroatoms. The van der Waals surface area contributed by atoms with Gasteiger partial charge in [-0.25, -0.2) is 0 Å². The zero-order valence-electron chi connectivity index (χ0n) is 10.7. The van der Waals surface area contributed by atoms with Crippen molar-refractivity contribution in [1.82, 2.24) is 0 Å². The lowest BCUT2D eigenvalue weighted by atomic mass is 9.88. The molecule has 0 amide bonds. The molecular weight excluding hydrogens is 256 g/mol. The Kier molecular flexibility index (Phi) is 3.34. The molecule has 2 nitrogen and oxygen atoms in total. The Morgan fingerprint density at radius 1 is 1.11 bits per heavy atom. The summed E-state index contributed by atoms with van der Waals surface area (Å²) >= 11 is 5.92. The van der Waals surface area contributed by atoms with E-state index >= 15 is 0 Å². The highest BCUT2D eigenvalue weighted by Crippen LogP contribution is 2.27. The molecule has 1 atom stereocenters. The van der Waals surface area contributed by atoms with Crippen molar-refractivity contribution in [1.29, 1.82) is 0 Å². The van der Waals surface area contributed by atoms with E-state index in [-0.39, 0.29) is 0 Å². The first kappa shape index (κ1) is 12.4. The van der Waals surface area contributed by atoms with E-state index in [2.05, 4.69) is 29.6 Å². The first-order chi connectivity index (χ1) is 9.22. The number of hydrogen-bond donors (Lipinski definition) is 2. The number of anilines is 2. The average Bonchev–Trinajstić information content (AvgIpc) is 2.42. The summed E-state index contributed by atoms with van der Waals surface area (Å²) < 4.78 is 0. The number of rotatable bonds is 2. The molecular formula is C16H17ClN2. The van der Waals surface area contributed by atoms with Crippen LogP contribution >= 0.6 is 11.6 Å². The summed E-state index contributed by atoms with van der Waals surface area (Å²) in [5, 5.41) is 4.21. The van der Waals surface area contributed by atoms with E-state index < -0.39 is 0 Å². The van der Waals surface area contributed by atoms with E-state index in [9.17, 15) is 0 Å². The molecule has 0 spiro atoms. The highest BCUT2D eigenvalue weighted by molar-refractivity contribution is 6.31. The number of hydrogen-bond acceptors (Lipinski definition) is 2. The number of halogens is 1. The third-order valence-electron chi connectivity index (χ3n) is 3.72. The molecule has 2 aromatic carbocycles. The van der Waals surface area contributed by atoms with Gasteiger partial charge in [0.2, 0.25) is 0 Å². The number of nitrogens with two attached hydrogens (primary N) is 1.